The average Bonchev–Trinajstić information content (AvgIpc) is 3.09. The van der Waals surface area contributed by atoms with Gasteiger partial charge >= 0.3 is 5.97 Å². The Kier molecular flexibility index (Phi) is 5.02. The van der Waals surface area contributed by atoms with Crippen LogP contribution in [0.2, 0.25) is 5.02 Å². The normalized spacial score (nSPS) is 16.5. The number of carbonyl (C=O) groups excluding carboxylic acids is 2. The number of methoxy groups -OCH3 is 1. The molecule has 0 saturated carbocycles. The highest BCUT2D eigenvalue weighted by Crippen LogP contribution is 2.31. The highest BCUT2D eigenvalue weighted by Gasteiger charge is 2.30. The Morgan fingerprint density at radius 2 is 1.86 bits per heavy atom. The van der Waals surface area contributed by atoms with Crippen molar-refractivity contribution in [3.63, 3.8) is 0 Å². The second-order valence-electron chi connectivity index (χ2n) is 7.46. The van der Waals surface area contributed by atoms with Crippen molar-refractivity contribution in [1.29, 1.82) is 0 Å². The molecule has 2 heterocycles. The van der Waals surface area contributed by atoms with E-state index in [0.29, 0.717) is 31.0 Å². The average molecular weight is 399 g/mol. The Labute approximate surface area is 168 Å². The minimum atomic E-state index is -0.242. The number of H-pyrrole nitrogens is 1. The number of piperidine rings is 1. The van der Waals surface area contributed by atoms with Crippen LogP contribution < -0.4 is 0 Å². The van der Waals surface area contributed by atoms with E-state index in [9.17, 15) is 9.59 Å². The number of halogens is 1. The molecule has 1 atom stereocenters. The number of esters is 1. The summed E-state index contributed by atoms with van der Waals surface area (Å²) in [5.74, 6) is -0.417. The number of carbonyl (C=O) groups is 2. The van der Waals surface area contributed by atoms with E-state index in [1.165, 1.54) is 7.11 Å². The summed E-state index contributed by atoms with van der Waals surface area (Å²) in [6.45, 7) is 3.13. The van der Waals surface area contributed by atoms with E-state index in [1.54, 1.807) is 0 Å². The SMILES string of the molecule is COC(=O)C1CCN(C(=O)[C@@H](C)c2ccc3c(c2)[nH]c2ccc(Cl)cc23)CC1. The molecule has 1 aliphatic rings. The molecule has 6 heteroatoms. The molecule has 0 unspecified atom stereocenters. The fourth-order valence-electron chi connectivity index (χ4n) is 4.08. The minimum Gasteiger partial charge on any atom is -0.469 e. The van der Waals surface area contributed by atoms with Crippen LogP contribution >= 0.6 is 11.6 Å². The Morgan fingerprint density at radius 3 is 2.57 bits per heavy atom. The van der Waals surface area contributed by atoms with Crippen LogP contribution in [0.15, 0.2) is 36.4 Å². The number of fused-ring (bicyclic) bond motifs is 3. The van der Waals surface area contributed by atoms with Crippen LogP contribution in [0.5, 0.6) is 0 Å². The summed E-state index contributed by atoms with van der Waals surface area (Å²) in [6, 6.07) is 11.9. The van der Waals surface area contributed by atoms with Crippen molar-refractivity contribution in [1.82, 2.24) is 9.88 Å². The molecule has 4 rings (SSSR count). The van der Waals surface area contributed by atoms with E-state index < -0.39 is 0 Å². The first-order valence-electron chi connectivity index (χ1n) is 9.55. The van der Waals surface area contributed by atoms with Gasteiger partial charge in [0.2, 0.25) is 5.91 Å². The first-order valence-corrected chi connectivity index (χ1v) is 9.93. The Balaban J connectivity index is 1.53. The standard InChI is InChI=1S/C22H23ClN2O3/c1-13(21(26)25-9-7-14(8-10-25)22(27)28-2)15-3-5-17-18-12-16(23)4-6-19(18)24-20(17)11-15/h3-6,11-14,24H,7-10H2,1-2H3/t13-/m0/s1. The number of aromatic nitrogens is 1. The van der Waals surface area contributed by atoms with Crippen molar-refractivity contribution >= 4 is 45.3 Å². The van der Waals surface area contributed by atoms with Crippen molar-refractivity contribution in [3.8, 4) is 0 Å². The number of likely N-dealkylation sites (tertiary alicyclic amines) is 1. The van der Waals surface area contributed by atoms with Crippen LogP contribution in [0.25, 0.3) is 21.8 Å². The molecule has 3 aromatic rings. The Bertz CT molecular complexity index is 1050. The van der Waals surface area contributed by atoms with Gasteiger partial charge in [0.05, 0.1) is 18.9 Å². The van der Waals surface area contributed by atoms with Gasteiger partial charge in [-0.25, -0.2) is 0 Å². The van der Waals surface area contributed by atoms with E-state index in [4.69, 9.17) is 16.3 Å². The van der Waals surface area contributed by atoms with Crippen LogP contribution in [0.3, 0.4) is 0 Å². The minimum absolute atomic E-state index is 0.0983. The molecule has 1 aromatic heterocycles. The van der Waals surface area contributed by atoms with Crippen LogP contribution in [0, 0.1) is 5.92 Å². The van der Waals surface area contributed by atoms with Gasteiger partial charge in [-0.3, -0.25) is 9.59 Å². The number of nitrogens with zero attached hydrogens (tertiary/aromatic N) is 1. The molecular formula is C22H23ClN2O3. The van der Waals surface area contributed by atoms with Crippen molar-refractivity contribution in [2.75, 3.05) is 20.2 Å². The second kappa shape index (κ2) is 7.47. The summed E-state index contributed by atoms with van der Waals surface area (Å²) in [7, 11) is 1.41. The van der Waals surface area contributed by atoms with Gasteiger partial charge in [-0.1, -0.05) is 23.7 Å². The van der Waals surface area contributed by atoms with E-state index in [1.807, 2.05) is 48.2 Å². The number of aromatic amines is 1. The van der Waals surface area contributed by atoms with Gasteiger partial charge in [-0.15, -0.1) is 0 Å². The maximum absolute atomic E-state index is 13.0. The van der Waals surface area contributed by atoms with E-state index in [-0.39, 0.29) is 23.7 Å². The van der Waals surface area contributed by atoms with Gasteiger partial charge in [-0.2, -0.15) is 0 Å². The number of hydrogen-bond donors (Lipinski definition) is 1. The number of benzene rings is 2. The zero-order valence-electron chi connectivity index (χ0n) is 16.0. The van der Waals surface area contributed by atoms with Crippen molar-refractivity contribution in [2.24, 2.45) is 5.92 Å². The summed E-state index contributed by atoms with van der Waals surface area (Å²) in [5, 5.41) is 2.88. The largest absolute Gasteiger partial charge is 0.469 e. The number of nitrogens with one attached hydrogen (secondary N) is 1. The van der Waals surface area contributed by atoms with Gasteiger partial charge in [0.15, 0.2) is 0 Å². The summed E-state index contributed by atoms with van der Waals surface area (Å²) < 4.78 is 4.82. The summed E-state index contributed by atoms with van der Waals surface area (Å²) >= 11 is 6.13. The zero-order valence-corrected chi connectivity index (χ0v) is 16.8. The maximum Gasteiger partial charge on any atom is 0.308 e. The first-order chi connectivity index (χ1) is 13.5. The lowest BCUT2D eigenvalue weighted by Gasteiger charge is -2.32. The molecule has 5 nitrogen and oxygen atoms in total. The predicted octanol–water partition coefficient (Wildman–Crippen LogP) is 4.49. The van der Waals surface area contributed by atoms with Crippen molar-refractivity contribution < 1.29 is 14.3 Å². The molecule has 0 spiro atoms. The molecule has 2 aromatic carbocycles. The lowest BCUT2D eigenvalue weighted by Crippen LogP contribution is -2.42. The smallest absolute Gasteiger partial charge is 0.308 e. The first kappa shape index (κ1) is 18.8. The lowest BCUT2D eigenvalue weighted by molar-refractivity contribution is -0.149. The Hall–Kier alpha value is -2.53. The summed E-state index contributed by atoms with van der Waals surface area (Å²) in [6.07, 6.45) is 1.32. The van der Waals surface area contributed by atoms with E-state index in [0.717, 1.165) is 27.4 Å². The molecule has 1 aliphatic heterocycles. The monoisotopic (exact) mass is 398 g/mol. The van der Waals surface area contributed by atoms with Gasteiger partial charge in [0.1, 0.15) is 0 Å². The topological polar surface area (TPSA) is 62.4 Å². The second-order valence-corrected chi connectivity index (χ2v) is 7.90. The highest BCUT2D eigenvalue weighted by molar-refractivity contribution is 6.31. The van der Waals surface area contributed by atoms with Crippen molar-refractivity contribution in [3.05, 3.63) is 47.0 Å². The summed E-state index contributed by atoms with van der Waals surface area (Å²) in [5.41, 5.74) is 3.00. The summed E-state index contributed by atoms with van der Waals surface area (Å²) in [4.78, 5) is 29.9. The quantitative estimate of drug-likeness (QED) is 0.661. The van der Waals surface area contributed by atoms with E-state index in [2.05, 4.69) is 4.98 Å². The molecule has 28 heavy (non-hydrogen) atoms. The van der Waals surface area contributed by atoms with Gasteiger partial charge < -0.3 is 14.6 Å². The third kappa shape index (κ3) is 3.35. The third-order valence-electron chi connectivity index (χ3n) is 5.80. The molecule has 146 valence electrons. The number of hydrogen-bond acceptors (Lipinski definition) is 3. The highest BCUT2D eigenvalue weighted by atomic mass is 35.5. The molecular weight excluding hydrogens is 376 g/mol. The van der Waals surface area contributed by atoms with Gasteiger partial charge in [-0.05, 0) is 49.6 Å². The molecule has 0 bridgehead atoms. The molecule has 1 amide bonds. The van der Waals surface area contributed by atoms with Crippen LogP contribution in [-0.2, 0) is 14.3 Å². The maximum atomic E-state index is 13.0. The van der Waals surface area contributed by atoms with Crippen LogP contribution in [0.4, 0.5) is 0 Å². The zero-order chi connectivity index (χ0) is 19.8. The fraction of sp³-hybridized carbons (Fsp3) is 0.364. The van der Waals surface area contributed by atoms with E-state index >= 15 is 0 Å². The molecule has 1 fully saturated rings. The predicted molar refractivity (Wildman–Crippen MR) is 111 cm³/mol. The number of ether oxygens (including phenoxy) is 1. The fourth-order valence-corrected chi connectivity index (χ4v) is 4.25. The number of amides is 1. The molecule has 1 saturated heterocycles. The molecule has 0 radical (unpaired) electrons. The van der Waals surface area contributed by atoms with Crippen LogP contribution in [-0.4, -0.2) is 42.0 Å². The molecule has 0 aliphatic carbocycles. The van der Waals surface area contributed by atoms with Gasteiger partial charge in [0.25, 0.3) is 0 Å². The lowest BCUT2D eigenvalue weighted by atomic mass is 9.94. The number of rotatable bonds is 3. The van der Waals surface area contributed by atoms with Gasteiger partial charge in [0, 0.05) is 39.9 Å². The third-order valence-corrected chi connectivity index (χ3v) is 6.03. The van der Waals surface area contributed by atoms with Crippen LogP contribution in [0.1, 0.15) is 31.2 Å². The Morgan fingerprint density at radius 1 is 1.11 bits per heavy atom. The van der Waals surface area contributed by atoms with Crippen molar-refractivity contribution in [2.45, 2.75) is 25.7 Å². The molecule has 1 N–H and O–H groups in total.